The minimum absolute atomic E-state index is 0.610. The molecular weight excluding hydrogens is 271 g/mol. The Kier molecular flexibility index (Phi) is 1.76. The Labute approximate surface area is 92.2 Å². The van der Waals surface area contributed by atoms with Crippen molar-refractivity contribution in [3.8, 4) is 0 Å². The molecule has 13 heavy (non-hydrogen) atoms. The smallest absolute Gasteiger partial charge is 0.0548 e. The van der Waals surface area contributed by atoms with Crippen LogP contribution in [-0.4, -0.2) is 0 Å². The van der Waals surface area contributed by atoms with Crippen LogP contribution in [0, 0.1) is 0 Å². The summed E-state index contributed by atoms with van der Waals surface area (Å²) in [4.78, 5) is 0. The minimum atomic E-state index is 0.610. The normalized spacial score (nSPS) is 23.3. The second kappa shape index (κ2) is 2.84. The first kappa shape index (κ1) is 8.04. The van der Waals surface area contributed by atoms with Crippen LogP contribution in [-0.2, 0) is 12.8 Å². The van der Waals surface area contributed by atoms with Gasteiger partial charge in [0.1, 0.15) is 0 Å². The highest BCUT2D eigenvalue weighted by Gasteiger charge is 2.19. The summed E-state index contributed by atoms with van der Waals surface area (Å²) in [6, 6.07) is 4.82. The molecule has 1 atom stereocenters. The van der Waals surface area contributed by atoms with E-state index in [-0.39, 0.29) is 0 Å². The SMILES string of the molecule is IC1C=Cc2cc3c(cc21)CCC3. The lowest BCUT2D eigenvalue weighted by Gasteiger charge is -2.06. The number of rotatable bonds is 0. The topological polar surface area (TPSA) is 0 Å². The number of alkyl halides is 1. The van der Waals surface area contributed by atoms with E-state index in [0.717, 1.165) is 0 Å². The summed E-state index contributed by atoms with van der Waals surface area (Å²) in [7, 11) is 0. The molecule has 1 heteroatoms. The molecule has 0 aliphatic heterocycles. The number of halogens is 1. The van der Waals surface area contributed by atoms with Gasteiger partial charge in [0, 0.05) is 0 Å². The summed E-state index contributed by atoms with van der Waals surface area (Å²) >= 11 is 2.50. The van der Waals surface area contributed by atoms with E-state index in [1.54, 1.807) is 11.1 Å². The number of aryl methyl sites for hydroxylation is 2. The summed E-state index contributed by atoms with van der Waals surface area (Å²) in [6.45, 7) is 0. The van der Waals surface area contributed by atoms with Crippen LogP contribution in [0.5, 0.6) is 0 Å². The third-order valence-electron chi connectivity index (χ3n) is 3.04. The second-order valence-electron chi connectivity index (χ2n) is 3.86. The fraction of sp³-hybridized carbons (Fsp3) is 0.333. The monoisotopic (exact) mass is 282 g/mol. The maximum atomic E-state index is 2.50. The molecule has 1 aromatic rings. The van der Waals surface area contributed by atoms with Crippen molar-refractivity contribution in [1.82, 2.24) is 0 Å². The van der Waals surface area contributed by atoms with Gasteiger partial charge in [-0.15, -0.1) is 0 Å². The number of fused-ring (bicyclic) bond motifs is 2. The van der Waals surface area contributed by atoms with E-state index in [2.05, 4.69) is 46.9 Å². The first-order chi connectivity index (χ1) is 6.34. The average molecular weight is 282 g/mol. The molecule has 0 amide bonds. The van der Waals surface area contributed by atoms with Crippen LogP contribution in [0.15, 0.2) is 18.2 Å². The fourth-order valence-corrected chi connectivity index (χ4v) is 3.08. The zero-order valence-electron chi connectivity index (χ0n) is 7.39. The molecule has 0 fully saturated rings. The van der Waals surface area contributed by atoms with Gasteiger partial charge >= 0.3 is 0 Å². The summed E-state index contributed by atoms with van der Waals surface area (Å²) in [5.41, 5.74) is 6.18. The van der Waals surface area contributed by atoms with Crippen molar-refractivity contribution in [2.24, 2.45) is 0 Å². The van der Waals surface area contributed by atoms with E-state index >= 15 is 0 Å². The van der Waals surface area contributed by atoms with Gasteiger partial charge in [0.25, 0.3) is 0 Å². The van der Waals surface area contributed by atoms with Crippen LogP contribution in [0.3, 0.4) is 0 Å². The van der Waals surface area contributed by atoms with Crippen molar-refractivity contribution >= 4 is 28.7 Å². The molecule has 0 heterocycles. The first-order valence-electron chi connectivity index (χ1n) is 4.82. The number of benzene rings is 1. The number of hydrogen-bond acceptors (Lipinski definition) is 0. The van der Waals surface area contributed by atoms with Gasteiger partial charge in [0.05, 0.1) is 3.92 Å². The maximum absolute atomic E-state index is 2.50. The predicted octanol–water partition coefficient (Wildman–Crippen LogP) is 3.68. The molecule has 0 radical (unpaired) electrons. The van der Waals surface area contributed by atoms with Gasteiger partial charge in [0.2, 0.25) is 0 Å². The Hall–Kier alpha value is -0.310. The lowest BCUT2D eigenvalue weighted by molar-refractivity contribution is 0.911. The Bertz CT molecular complexity index is 390. The first-order valence-corrected chi connectivity index (χ1v) is 6.07. The summed E-state index contributed by atoms with van der Waals surface area (Å²) in [5.74, 6) is 0. The van der Waals surface area contributed by atoms with Crippen molar-refractivity contribution in [3.63, 3.8) is 0 Å². The number of hydrogen-bond donors (Lipinski definition) is 0. The van der Waals surface area contributed by atoms with E-state index in [1.807, 2.05) is 0 Å². The maximum Gasteiger partial charge on any atom is 0.0548 e. The Balaban J connectivity index is 2.20. The Morgan fingerprint density at radius 1 is 1.15 bits per heavy atom. The zero-order valence-corrected chi connectivity index (χ0v) is 9.54. The fourth-order valence-electron chi connectivity index (χ4n) is 2.34. The highest BCUT2D eigenvalue weighted by Crippen LogP contribution is 2.38. The van der Waals surface area contributed by atoms with Gasteiger partial charge < -0.3 is 0 Å². The molecule has 66 valence electrons. The molecule has 0 saturated carbocycles. The largest absolute Gasteiger partial charge is 0.0728 e. The van der Waals surface area contributed by atoms with Gasteiger partial charge in [0.15, 0.2) is 0 Å². The molecule has 1 unspecified atom stereocenters. The zero-order chi connectivity index (χ0) is 8.84. The summed E-state index contributed by atoms with van der Waals surface area (Å²) in [6.07, 6.45) is 8.51. The van der Waals surface area contributed by atoms with Crippen LogP contribution < -0.4 is 0 Å². The molecule has 2 aliphatic carbocycles. The Morgan fingerprint density at radius 3 is 2.77 bits per heavy atom. The van der Waals surface area contributed by atoms with E-state index in [9.17, 15) is 0 Å². The van der Waals surface area contributed by atoms with Gasteiger partial charge in [-0.1, -0.05) is 46.9 Å². The molecular formula is C12H11I. The van der Waals surface area contributed by atoms with Crippen molar-refractivity contribution < 1.29 is 0 Å². The molecule has 1 aromatic carbocycles. The van der Waals surface area contributed by atoms with Crippen LogP contribution in [0.1, 0.15) is 32.6 Å². The highest BCUT2D eigenvalue weighted by atomic mass is 127. The van der Waals surface area contributed by atoms with E-state index in [1.165, 1.54) is 30.4 Å². The molecule has 3 rings (SSSR count). The standard InChI is InChI=1S/C12H11I/c13-12-5-4-10-6-8-2-1-3-9(8)7-11(10)12/h4-7,12H,1-3H2. The molecule has 0 bridgehead atoms. The molecule has 0 saturated heterocycles. The third kappa shape index (κ3) is 1.17. The molecule has 0 nitrogen and oxygen atoms in total. The predicted molar refractivity (Wildman–Crippen MR) is 64.3 cm³/mol. The van der Waals surface area contributed by atoms with Crippen LogP contribution in [0.25, 0.3) is 6.08 Å². The Morgan fingerprint density at radius 2 is 1.92 bits per heavy atom. The summed E-state index contributed by atoms with van der Waals surface area (Å²) < 4.78 is 0.610. The molecule has 0 N–H and O–H groups in total. The lowest BCUT2D eigenvalue weighted by Crippen LogP contribution is -1.89. The van der Waals surface area contributed by atoms with Crippen LogP contribution in [0.2, 0.25) is 0 Å². The minimum Gasteiger partial charge on any atom is -0.0728 e. The molecule has 0 aromatic heterocycles. The van der Waals surface area contributed by atoms with Gasteiger partial charge in [-0.2, -0.15) is 0 Å². The quantitative estimate of drug-likeness (QED) is 0.503. The van der Waals surface area contributed by atoms with Gasteiger partial charge in [-0.25, -0.2) is 0 Å². The van der Waals surface area contributed by atoms with E-state index in [0.29, 0.717) is 3.92 Å². The highest BCUT2D eigenvalue weighted by molar-refractivity contribution is 14.1. The van der Waals surface area contributed by atoms with Crippen molar-refractivity contribution in [2.75, 3.05) is 0 Å². The third-order valence-corrected chi connectivity index (χ3v) is 4.13. The van der Waals surface area contributed by atoms with Crippen LogP contribution in [0.4, 0.5) is 0 Å². The van der Waals surface area contributed by atoms with Crippen LogP contribution >= 0.6 is 22.6 Å². The lowest BCUT2D eigenvalue weighted by atomic mass is 10.0. The molecule has 0 spiro atoms. The second-order valence-corrected chi connectivity index (χ2v) is 5.21. The number of allylic oxidation sites excluding steroid dienone is 1. The van der Waals surface area contributed by atoms with Crippen molar-refractivity contribution in [2.45, 2.75) is 23.2 Å². The van der Waals surface area contributed by atoms with Crippen molar-refractivity contribution in [1.29, 1.82) is 0 Å². The molecule has 2 aliphatic rings. The van der Waals surface area contributed by atoms with Gasteiger partial charge in [-0.3, -0.25) is 0 Å². The van der Waals surface area contributed by atoms with Crippen molar-refractivity contribution in [3.05, 3.63) is 40.5 Å². The van der Waals surface area contributed by atoms with E-state index < -0.39 is 0 Å². The summed E-state index contributed by atoms with van der Waals surface area (Å²) in [5, 5.41) is 0. The van der Waals surface area contributed by atoms with Gasteiger partial charge in [-0.05, 0) is 41.5 Å². The van der Waals surface area contributed by atoms with E-state index in [4.69, 9.17) is 0 Å². The average Bonchev–Trinajstić information content (AvgIpc) is 2.70.